The molecule has 1 aliphatic carbocycles. The van der Waals surface area contributed by atoms with E-state index in [2.05, 4.69) is 55.2 Å². The molecule has 0 amide bonds. The predicted molar refractivity (Wildman–Crippen MR) is 117 cm³/mol. The highest BCUT2D eigenvalue weighted by Gasteiger charge is 2.35. The second-order valence-corrected chi connectivity index (χ2v) is 7.91. The third-order valence-corrected chi connectivity index (χ3v) is 5.87. The van der Waals surface area contributed by atoms with Crippen molar-refractivity contribution in [1.82, 2.24) is 4.98 Å². The highest BCUT2D eigenvalue weighted by Crippen LogP contribution is 2.49. The van der Waals surface area contributed by atoms with E-state index in [-0.39, 0.29) is 11.0 Å². The first-order valence-electron chi connectivity index (χ1n) is 11.1. The van der Waals surface area contributed by atoms with E-state index in [1.807, 2.05) is 42.5 Å². The first kappa shape index (κ1) is 13.9. The van der Waals surface area contributed by atoms with Crippen LogP contribution in [-0.4, -0.2) is 4.98 Å². The number of aryl methyl sites for hydroxylation is 1. The Balaban J connectivity index is 1.73. The van der Waals surface area contributed by atoms with E-state index in [9.17, 15) is 0 Å². The second kappa shape index (κ2) is 6.17. The van der Waals surface area contributed by atoms with E-state index >= 15 is 0 Å². The average Bonchev–Trinajstić information content (AvgIpc) is 3.00. The van der Waals surface area contributed by atoms with Crippen molar-refractivity contribution in [2.24, 2.45) is 0 Å². The largest absolute Gasteiger partial charge is 0.256 e. The molecule has 0 aliphatic heterocycles. The van der Waals surface area contributed by atoms with Crippen LogP contribution in [0.15, 0.2) is 85.1 Å². The van der Waals surface area contributed by atoms with Gasteiger partial charge < -0.3 is 0 Å². The van der Waals surface area contributed by atoms with Crippen molar-refractivity contribution < 1.29 is 4.11 Å². The van der Waals surface area contributed by atoms with E-state index < -0.39 is 6.85 Å². The molecule has 0 spiro atoms. The number of hydrogen-bond acceptors (Lipinski definition) is 1. The summed E-state index contributed by atoms with van der Waals surface area (Å²) in [6.45, 7) is 2.24. The Morgan fingerprint density at radius 2 is 1.46 bits per heavy atom. The van der Waals surface area contributed by atoms with Crippen LogP contribution < -0.4 is 0 Å². The van der Waals surface area contributed by atoms with Gasteiger partial charge in [-0.3, -0.25) is 4.98 Å². The normalized spacial score (nSPS) is 15.9. The van der Waals surface area contributed by atoms with Crippen LogP contribution in [0.5, 0.6) is 0 Å². The Kier molecular flexibility index (Phi) is 3.06. The van der Waals surface area contributed by atoms with Crippen LogP contribution in [0, 0.1) is 6.85 Å². The van der Waals surface area contributed by atoms with Crippen LogP contribution in [0.4, 0.5) is 0 Å². The number of rotatable bonds is 2. The predicted octanol–water partition coefficient (Wildman–Crippen LogP) is 7.03. The van der Waals surface area contributed by atoms with Crippen LogP contribution in [0.3, 0.4) is 0 Å². The molecule has 0 atom stereocenters. The van der Waals surface area contributed by atoms with Crippen molar-refractivity contribution in [2.45, 2.75) is 26.1 Å². The quantitative estimate of drug-likeness (QED) is 0.372. The minimum Gasteiger partial charge on any atom is -0.256 e. The van der Waals surface area contributed by atoms with Crippen LogP contribution in [0.2, 0.25) is 0 Å². The zero-order chi connectivity index (χ0) is 21.8. The van der Waals surface area contributed by atoms with Crippen LogP contribution in [0.1, 0.15) is 34.7 Å². The molecule has 0 saturated heterocycles. The zero-order valence-electron chi connectivity index (χ0n) is 19.0. The third-order valence-electron chi connectivity index (χ3n) is 5.87. The number of fused-ring (bicyclic) bond motifs is 3. The average molecular weight is 365 g/mol. The molecule has 1 heterocycles. The van der Waals surface area contributed by atoms with Crippen LogP contribution in [0.25, 0.3) is 33.5 Å². The first-order valence-corrected chi connectivity index (χ1v) is 9.57. The van der Waals surface area contributed by atoms with Crippen molar-refractivity contribution in [1.29, 1.82) is 0 Å². The van der Waals surface area contributed by atoms with Crippen molar-refractivity contribution in [3.63, 3.8) is 0 Å². The Labute approximate surface area is 170 Å². The number of hydrogen-bond donors (Lipinski definition) is 0. The van der Waals surface area contributed by atoms with Gasteiger partial charge in [-0.15, -0.1) is 0 Å². The lowest BCUT2D eigenvalue weighted by Gasteiger charge is -2.21. The summed E-state index contributed by atoms with van der Waals surface area (Å²) in [7, 11) is 0. The molecular weight excluding hydrogens is 338 g/mol. The number of aromatic nitrogens is 1. The lowest BCUT2D eigenvalue weighted by Crippen LogP contribution is -2.14. The topological polar surface area (TPSA) is 12.9 Å². The summed E-state index contributed by atoms with van der Waals surface area (Å²) in [4.78, 5) is 4.47. The first-order chi connectivity index (χ1) is 14.8. The maximum atomic E-state index is 8.06. The fourth-order valence-electron chi connectivity index (χ4n) is 4.35. The molecule has 0 fully saturated rings. The molecule has 5 rings (SSSR count). The molecule has 28 heavy (non-hydrogen) atoms. The van der Waals surface area contributed by atoms with Gasteiger partial charge in [0.05, 0.1) is 5.69 Å². The Bertz CT molecular complexity index is 1290. The number of benzene rings is 3. The van der Waals surface area contributed by atoms with Gasteiger partial charge in [0.25, 0.3) is 0 Å². The second-order valence-electron chi connectivity index (χ2n) is 7.91. The number of nitrogens with zero attached hydrogens (tertiary/aromatic N) is 1. The summed E-state index contributed by atoms with van der Waals surface area (Å²) in [6, 6.07) is 26.6. The van der Waals surface area contributed by atoms with Crippen molar-refractivity contribution in [3.05, 3.63) is 102 Å². The van der Waals surface area contributed by atoms with Crippen molar-refractivity contribution in [2.75, 3.05) is 0 Å². The molecular formula is C27H23N. The zero-order valence-corrected chi connectivity index (χ0v) is 16.0. The maximum Gasteiger partial charge on any atom is 0.0708 e. The molecule has 0 saturated carbocycles. The molecule has 1 heteroatoms. The SMILES string of the molecule is [2H]C([2H])([2H])c1cnc(-c2ccccc2)cc1-c1ccc2c(c1)-c1ccccc1C2(C)C. The van der Waals surface area contributed by atoms with E-state index in [0.29, 0.717) is 5.56 Å². The van der Waals surface area contributed by atoms with Gasteiger partial charge in [0.15, 0.2) is 0 Å². The Morgan fingerprint density at radius 1 is 0.714 bits per heavy atom. The molecule has 3 aromatic carbocycles. The molecule has 0 unspecified atom stereocenters. The lowest BCUT2D eigenvalue weighted by atomic mass is 9.82. The van der Waals surface area contributed by atoms with Gasteiger partial charge in [-0.1, -0.05) is 80.6 Å². The van der Waals surface area contributed by atoms with Crippen LogP contribution in [-0.2, 0) is 5.41 Å². The minimum atomic E-state index is -2.24. The van der Waals surface area contributed by atoms with E-state index in [1.54, 1.807) is 0 Å². The summed E-state index contributed by atoms with van der Waals surface area (Å²) < 4.78 is 24.2. The van der Waals surface area contributed by atoms with Gasteiger partial charge in [0.2, 0.25) is 0 Å². The molecule has 1 nitrogen and oxygen atoms in total. The monoisotopic (exact) mass is 364 g/mol. The van der Waals surface area contributed by atoms with Gasteiger partial charge in [0, 0.05) is 21.3 Å². The molecule has 4 aromatic rings. The smallest absolute Gasteiger partial charge is 0.0708 e. The maximum absolute atomic E-state index is 8.06. The lowest BCUT2D eigenvalue weighted by molar-refractivity contribution is 0.660. The molecule has 1 aliphatic rings. The van der Waals surface area contributed by atoms with Gasteiger partial charge in [-0.2, -0.15) is 0 Å². The summed E-state index contributed by atoms with van der Waals surface area (Å²) in [6.07, 6.45) is 1.51. The molecule has 0 N–H and O–H groups in total. The summed E-state index contributed by atoms with van der Waals surface area (Å²) in [5.41, 5.74) is 8.50. The van der Waals surface area contributed by atoms with E-state index in [4.69, 9.17) is 4.11 Å². The van der Waals surface area contributed by atoms with Gasteiger partial charge >= 0.3 is 0 Å². The summed E-state index contributed by atoms with van der Waals surface area (Å²) in [5.74, 6) is 0. The Morgan fingerprint density at radius 3 is 2.29 bits per heavy atom. The minimum absolute atomic E-state index is 0.0786. The Hall–Kier alpha value is -3.19. The van der Waals surface area contributed by atoms with Gasteiger partial charge in [0.1, 0.15) is 0 Å². The number of pyridine rings is 1. The third kappa shape index (κ3) is 2.51. The summed E-state index contributed by atoms with van der Waals surface area (Å²) in [5, 5.41) is 0. The molecule has 0 bridgehead atoms. The van der Waals surface area contributed by atoms with Crippen LogP contribution >= 0.6 is 0 Å². The van der Waals surface area contributed by atoms with Crippen molar-refractivity contribution in [3.8, 4) is 33.5 Å². The molecule has 0 radical (unpaired) electrons. The van der Waals surface area contributed by atoms with E-state index in [1.165, 1.54) is 28.5 Å². The van der Waals surface area contributed by atoms with Gasteiger partial charge in [-0.05, 0) is 57.9 Å². The fraction of sp³-hybridized carbons (Fsp3) is 0.148. The highest BCUT2D eigenvalue weighted by molar-refractivity contribution is 5.85. The molecule has 1 aromatic heterocycles. The van der Waals surface area contributed by atoms with Crippen molar-refractivity contribution >= 4 is 0 Å². The molecule has 136 valence electrons. The fourth-order valence-corrected chi connectivity index (χ4v) is 4.35. The summed E-state index contributed by atoms with van der Waals surface area (Å²) >= 11 is 0. The van der Waals surface area contributed by atoms with Gasteiger partial charge in [-0.25, -0.2) is 0 Å². The highest BCUT2D eigenvalue weighted by atomic mass is 14.7. The standard InChI is InChI=1S/C27H23N/c1-18-17-28-26(19-9-5-4-6-10-19)16-22(18)20-13-14-25-23(15-20)21-11-7-8-12-24(21)27(25,2)3/h4-17H,1-3H3/i1D3. The van der Waals surface area contributed by atoms with E-state index in [0.717, 1.165) is 16.8 Å².